The van der Waals surface area contributed by atoms with E-state index >= 15 is 0 Å². The molecular weight excluding hydrogens is 308 g/mol. The standard InChI is InChI=1S/C21H44N4/c1-4-22-10-5-11-23-12-6-13-24-14-7-15-25-17-18-8-9-19-16-20(18)21(19,2)3/h18-20,22-25H,4-17H2,1-3H3. The van der Waals surface area contributed by atoms with Gasteiger partial charge in [-0.25, -0.2) is 0 Å². The van der Waals surface area contributed by atoms with Crippen LogP contribution < -0.4 is 21.3 Å². The van der Waals surface area contributed by atoms with E-state index in [9.17, 15) is 0 Å². The van der Waals surface area contributed by atoms with Gasteiger partial charge in [0.2, 0.25) is 0 Å². The maximum absolute atomic E-state index is 3.73. The van der Waals surface area contributed by atoms with E-state index in [4.69, 9.17) is 0 Å². The lowest BCUT2D eigenvalue weighted by atomic mass is 9.45. The van der Waals surface area contributed by atoms with Crippen LogP contribution in [-0.4, -0.2) is 52.4 Å². The Balaban J connectivity index is 1.32. The summed E-state index contributed by atoms with van der Waals surface area (Å²) in [5, 5.41) is 14.2. The monoisotopic (exact) mass is 352 g/mol. The van der Waals surface area contributed by atoms with Crippen LogP contribution in [0.15, 0.2) is 0 Å². The second kappa shape index (κ2) is 11.5. The van der Waals surface area contributed by atoms with E-state index in [1.807, 2.05) is 0 Å². The van der Waals surface area contributed by atoms with E-state index in [-0.39, 0.29) is 0 Å². The predicted molar refractivity (Wildman–Crippen MR) is 109 cm³/mol. The van der Waals surface area contributed by atoms with Crippen molar-refractivity contribution in [2.45, 2.75) is 59.3 Å². The lowest BCUT2D eigenvalue weighted by Gasteiger charge is -2.60. The summed E-state index contributed by atoms with van der Waals surface area (Å²) in [7, 11) is 0. The highest BCUT2D eigenvalue weighted by Crippen LogP contribution is 2.61. The summed E-state index contributed by atoms with van der Waals surface area (Å²) in [6, 6.07) is 0. The molecule has 25 heavy (non-hydrogen) atoms. The molecule has 3 atom stereocenters. The van der Waals surface area contributed by atoms with Gasteiger partial charge in [0.25, 0.3) is 0 Å². The molecule has 3 aliphatic carbocycles. The highest BCUT2D eigenvalue weighted by molar-refractivity contribution is 5.03. The van der Waals surface area contributed by atoms with Gasteiger partial charge in [-0.3, -0.25) is 0 Å². The fraction of sp³-hybridized carbons (Fsp3) is 1.00. The Morgan fingerprint density at radius 3 is 1.84 bits per heavy atom. The number of nitrogens with one attached hydrogen (secondary N) is 4. The third kappa shape index (κ3) is 6.82. The normalized spacial score (nSPS) is 27.2. The Kier molecular flexibility index (Phi) is 9.75. The zero-order chi connectivity index (χ0) is 18.0. The molecule has 0 spiro atoms. The summed E-state index contributed by atoms with van der Waals surface area (Å²) < 4.78 is 0. The summed E-state index contributed by atoms with van der Waals surface area (Å²) in [5.74, 6) is 2.95. The molecule has 4 heteroatoms. The van der Waals surface area contributed by atoms with Crippen molar-refractivity contribution >= 4 is 0 Å². The Morgan fingerprint density at radius 1 is 0.760 bits per heavy atom. The molecule has 0 aromatic heterocycles. The molecule has 0 aromatic carbocycles. The molecule has 0 amide bonds. The fourth-order valence-corrected chi connectivity index (χ4v) is 4.94. The van der Waals surface area contributed by atoms with Gasteiger partial charge in [0, 0.05) is 0 Å². The van der Waals surface area contributed by atoms with Crippen molar-refractivity contribution in [2.24, 2.45) is 23.2 Å². The summed E-state index contributed by atoms with van der Waals surface area (Å²) in [4.78, 5) is 0. The van der Waals surface area contributed by atoms with Crippen molar-refractivity contribution in [1.82, 2.24) is 21.3 Å². The van der Waals surface area contributed by atoms with Crippen LogP contribution in [0.5, 0.6) is 0 Å². The number of rotatable bonds is 15. The van der Waals surface area contributed by atoms with Crippen molar-refractivity contribution in [3.63, 3.8) is 0 Å². The van der Waals surface area contributed by atoms with E-state index in [1.165, 1.54) is 51.6 Å². The molecule has 0 aliphatic heterocycles. The van der Waals surface area contributed by atoms with Crippen LogP contribution in [0.1, 0.15) is 59.3 Å². The van der Waals surface area contributed by atoms with Crippen LogP contribution in [0.25, 0.3) is 0 Å². The first-order valence-corrected chi connectivity index (χ1v) is 11.0. The maximum atomic E-state index is 3.73. The smallest absolute Gasteiger partial charge is 0.00177 e. The van der Waals surface area contributed by atoms with E-state index in [1.54, 1.807) is 0 Å². The fourth-order valence-electron chi connectivity index (χ4n) is 4.94. The number of hydrogen-bond acceptors (Lipinski definition) is 4. The minimum atomic E-state index is 0.632. The van der Waals surface area contributed by atoms with Crippen molar-refractivity contribution in [2.75, 3.05) is 52.4 Å². The summed E-state index contributed by atoms with van der Waals surface area (Å²) in [6.07, 6.45) is 8.15. The van der Waals surface area contributed by atoms with E-state index < -0.39 is 0 Å². The maximum Gasteiger partial charge on any atom is -0.00177 e. The van der Waals surface area contributed by atoms with Crippen molar-refractivity contribution in [3.05, 3.63) is 0 Å². The van der Waals surface area contributed by atoms with Gasteiger partial charge in [-0.2, -0.15) is 0 Å². The SMILES string of the molecule is CCNCCCNCCCNCCCNCC1CCC2CC1C2(C)C. The molecule has 0 heterocycles. The molecule has 3 fully saturated rings. The molecule has 148 valence electrons. The average molecular weight is 353 g/mol. The van der Waals surface area contributed by atoms with Crippen molar-refractivity contribution < 1.29 is 0 Å². The molecule has 0 saturated heterocycles. The first-order chi connectivity index (χ1) is 12.2. The van der Waals surface area contributed by atoms with E-state index in [2.05, 4.69) is 42.0 Å². The van der Waals surface area contributed by atoms with Gasteiger partial charge in [-0.1, -0.05) is 20.8 Å². The molecule has 4 N–H and O–H groups in total. The van der Waals surface area contributed by atoms with Crippen LogP contribution in [0.3, 0.4) is 0 Å². The van der Waals surface area contributed by atoms with Gasteiger partial charge in [0.15, 0.2) is 0 Å². The topological polar surface area (TPSA) is 48.1 Å². The third-order valence-corrected chi connectivity index (χ3v) is 6.78. The number of fused-ring (bicyclic) bond motifs is 2. The van der Waals surface area contributed by atoms with Crippen molar-refractivity contribution in [1.29, 1.82) is 0 Å². The van der Waals surface area contributed by atoms with Gasteiger partial charge in [0.05, 0.1) is 0 Å². The summed E-state index contributed by atoms with van der Waals surface area (Å²) in [5.41, 5.74) is 0.632. The first kappa shape index (κ1) is 21.1. The highest BCUT2D eigenvalue weighted by Gasteiger charge is 2.53. The molecule has 0 aromatic rings. The van der Waals surface area contributed by atoms with Crippen LogP contribution in [-0.2, 0) is 0 Å². The predicted octanol–water partition coefficient (Wildman–Crippen LogP) is 2.61. The quantitative estimate of drug-likeness (QED) is 0.342. The molecule has 2 bridgehead atoms. The van der Waals surface area contributed by atoms with Crippen LogP contribution in [0.4, 0.5) is 0 Å². The Bertz CT molecular complexity index is 343. The Morgan fingerprint density at radius 2 is 1.32 bits per heavy atom. The zero-order valence-electron chi connectivity index (χ0n) is 17.1. The summed E-state index contributed by atoms with van der Waals surface area (Å²) in [6.45, 7) is 16.3. The van der Waals surface area contributed by atoms with Crippen LogP contribution >= 0.6 is 0 Å². The largest absolute Gasteiger partial charge is 0.317 e. The first-order valence-electron chi connectivity index (χ1n) is 11.0. The van der Waals surface area contributed by atoms with Gasteiger partial charge in [-0.05, 0) is 114 Å². The molecular formula is C21H44N4. The number of hydrogen-bond donors (Lipinski definition) is 4. The molecule has 3 aliphatic rings. The zero-order valence-corrected chi connectivity index (χ0v) is 17.1. The second-order valence-electron chi connectivity index (χ2n) is 8.82. The minimum Gasteiger partial charge on any atom is -0.317 e. The molecule has 0 radical (unpaired) electrons. The van der Waals surface area contributed by atoms with Gasteiger partial charge in [0.1, 0.15) is 0 Å². The van der Waals surface area contributed by atoms with Gasteiger partial charge >= 0.3 is 0 Å². The lowest BCUT2D eigenvalue weighted by Crippen LogP contribution is -2.54. The van der Waals surface area contributed by atoms with E-state index in [0.717, 1.165) is 57.0 Å². The second-order valence-corrected chi connectivity index (χ2v) is 8.82. The summed E-state index contributed by atoms with van der Waals surface area (Å²) >= 11 is 0. The molecule has 3 unspecified atom stereocenters. The third-order valence-electron chi connectivity index (χ3n) is 6.78. The average Bonchev–Trinajstić information content (AvgIpc) is 2.62. The Labute approximate surface area is 156 Å². The van der Waals surface area contributed by atoms with E-state index in [0.29, 0.717) is 5.41 Å². The Hall–Kier alpha value is -0.160. The minimum absolute atomic E-state index is 0.632. The van der Waals surface area contributed by atoms with Crippen LogP contribution in [0.2, 0.25) is 0 Å². The van der Waals surface area contributed by atoms with Gasteiger partial charge < -0.3 is 21.3 Å². The molecule has 4 nitrogen and oxygen atoms in total. The molecule has 3 rings (SSSR count). The lowest BCUT2D eigenvalue weighted by molar-refractivity contribution is -0.103. The van der Waals surface area contributed by atoms with Gasteiger partial charge in [-0.15, -0.1) is 0 Å². The van der Waals surface area contributed by atoms with Crippen LogP contribution in [0, 0.1) is 23.2 Å². The van der Waals surface area contributed by atoms with Crippen molar-refractivity contribution in [3.8, 4) is 0 Å². The highest BCUT2D eigenvalue weighted by atomic mass is 14.9. The molecule has 3 saturated carbocycles.